The standard InChI is InChI=1S/C32H30N2/c1-21-9-7-13-27-28-14-8-12-26(30(28)20-29(21)27)19-24-17-22(2)31(23(3)18-24)34-16-15-33-32(34)25-10-5-4-6-11-25/h4-8,10-18,21H,9,19-20H2,1-3H3. The lowest BCUT2D eigenvalue weighted by Gasteiger charge is -2.17. The van der Waals surface area contributed by atoms with Crippen LogP contribution < -0.4 is 0 Å². The molecule has 4 aromatic rings. The van der Waals surface area contributed by atoms with Gasteiger partial charge >= 0.3 is 0 Å². The van der Waals surface area contributed by atoms with Crippen LogP contribution in [0.2, 0.25) is 0 Å². The molecule has 0 amide bonds. The van der Waals surface area contributed by atoms with Gasteiger partial charge in [-0.15, -0.1) is 0 Å². The van der Waals surface area contributed by atoms with Gasteiger partial charge in [-0.3, -0.25) is 4.57 Å². The molecule has 0 radical (unpaired) electrons. The van der Waals surface area contributed by atoms with Crippen LogP contribution in [-0.2, 0) is 12.8 Å². The Morgan fingerprint density at radius 2 is 1.76 bits per heavy atom. The molecule has 1 aromatic heterocycles. The number of rotatable bonds is 4. The molecule has 3 aromatic carbocycles. The van der Waals surface area contributed by atoms with Crippen molar-refractivity contribution in [1.29, 1.82) is 0 Å². The monoisotopic (exact) mass is 442 g/mol. The predicted molar refractivity (Wildman–Crippen MR) is 141 cm³/mol. The van der Waals surface area contributed by atoms with Crippen LogP contribution in [0.1, 0.15) is 46.7 Å². The number of aryl methyl sites for hydroxylation is 2. The highest BCUT2D eigenvalue weighted by molar-refractivity contribution is 5.84. The molecule has 34 heavy (non-hydrogen) atoms. The Bertz CT molecular complexity index is 1430. The number of allylic oxidation sites excluding steroid dienone is 4. The maximum absolute atomic E-state index is 4.67. The summed E-state index contributed by atoms with van der Waals surface area (Å²) in [6.45, 7) is 6.82. The molecule has 0 bridgehead atoms. The molecule has 2 nitrogen and oxygen atoms in total. The van der Waals surface area contributed by atoms with Crippen molar-refractivity contribution in [2.45, 2.75) is 40.0 Å². The highest BCUT2D eigenvalue weighted by atomic mass is 15.1. The van der Waals surface area contributed by atoms with Crippen molar-refractivity contribution in [3.8, 4) is 17.1 Å². The number of nitrogens with zero attached hydrogens (tertiary/aromatic N) is 2. The molecule has 2 aliphatic rings. The number of hydrogen-bond donors (Lipinski definition) is 0. The molecule has 0 spiro atoms. The van der Waals surface area contributed by atoms with Gasteiger partial charge in [0.2, 0.25) is 0 Å². The Hall–Kier alpha value is -3.65. The van der Waals surface area contributed by atoms with Gasteiger partial charge in [0.05, 0.1) is 5.69 Å². The van der Waals surface area contributed by atoms with Crippen molar-refractivity contribution in [3.63, 3.8) is 0 Å². The van der Waals surface area contributed by atoms with Crippen LogP contribution in [0.15, 0.2) is 90.8 Å². The Balaban J connectivity index is 1.35. The number of benzene rings is 3. The molecule has 0 N–H and O–H groups in total. The third kappa shape index (κ3) is 3.45. The van der Waals surface area contributed by atoms with E-state index in [1.54, 1.807) is 5.57 Å². The number of fused-ring (bicyclic) bond motifs is 2. The maximum atomic E-state index is 4.67. The van der Waals surface area contributed by atoms with Gasteiger partial charge in [-0.05, 0) is 78.0 Å². The van der Waals surface area contributed by atoms with Crippen LogP contribution >= 0.6 is 0 Å². The van der Waals surface area contributed by atoms with Crippen LogP contribution in [0.5, 0.6) is 0 Å². The molecule has 1 heterocycles. The second-order valence-electron chi connectivity index (χ2n) is 9.84. The summed E-state index contributed by atoms with van der Waals surface area (Å²) in [4.78, 5) is 4.67. The fourth-order valence-corrected chi connectivity index (χ4v) is 5.92. The fourth-order valence-electron chi connectivity index (χ4n) is 5.92. The van der Waals surface area contributed by atoms with Gasteiger partial charge in [-0.25, -0.2) is 4.98 Å². The summed E-state index contributed by atoms with van der Waals surface area (Å²) in [5, 5.41) is 0. The van der Waals surface area contributed by atoms with Gasteiger partial charge in [0.1, 0.15) is 5.82 Å². The fraction of sp³-hybridized carbons (Fsp3) is 0.219. The molecule has 0 saturated heterocycles. The Labute approximate surface area is 202 Å². The van der Waals surface area contributed by atoms with Gasteiger partial charge in [0.25, 0.3) is 0 Å². The normalized spacial score (nSPS) is 16.6. The average Bonchev–Trinajstić information content (AvgIpc) is 3.46. The van der Waals surface area contributed by atoms with E-state index in [0.29, 0.717) is 5.92 Å². The van der Waals surface area contributed by atoms with E-state index >= 15 is 0 Å². The third-order valence-corrected chi connectivity index (χ3v) is 7.50. The van der Waals surface area contributed by atoms with E-state index < -0.39 is 0 Å². The summed E-state index contributed by atoms with van der Waals surface area (Å²) in [6, 6.07) is 22.0. The minimum atomic E-state index is 0.651. The lowest BCUT2D eigenvalue weighted by molar-refractivity contribution is 0.676. The van der Waals surface area contributed by atoms with Crippen molar-refractivity contribution in [1.82, 2.24) is 9.55 Å². The third-order valence-electron chi connectivity index (χ3n) is 7.50. The van der Waals surface area contributed by atoms with Crippen LogP contribution in [0.4, 0.5) is 0 Å². The SMILES string of the molecule is Cc1cc(Cc2cccc3c2CC2=C3C=CCC2C)cc(C)c1-n1ccnc1-c1ccccc1. The molecular formula is C32H30N2. The van der Waals surface area contributed by atoms with Crippen LogP contribution in [0.3, 0.4) is 0 Å². The largest absolute Gasteiger partial charge is 0.299 e. The van der Waals surface area contributed by atoms with E-state index in [9.17, 15) is 0 Å². The van der Waals surface area contributed by atoms with Crippen molar-refractivity contribution < 1.29 is 0 Å². The minimum Gasteiger partial charge on any atom is -0.299 e. The topological polar surface area (TPSA) is 17.8 Å². The highest BCUT2D eigenvalue weighted by Crippen LogP contribution is 2.42. The Morgan fingerprint density at radius 1 is 0.971 bits per heavy atom. The summed E-state index contributed by atoms with van der Waals surface area (Å²) in [5.41, 5.74) is 13.9. The zero-order chi connectivity index (χ0) is 23.2. The molecule has 0 aliphatic heterocycles. The Kier molecular flexibility index (Phi) is 5.10. The van der Waals surface area contributed by atoms with Crippen molar-refractivity contribution in [2.24, 2.45) is 5.92 Å². The van der Waals surface area contributed by atoms with E-state index in [4.69, 9.17) is 0 Å². The zero-order valence-corrected chi connectivity index (χ0v) is 20.2. The van der Waals surface area contributed by atoms with E-state index in [2.05, 4.69) is 103 Å². The van der Waals surface area contributed by atoms with Gasteiger partial charge in [0, 0.05) is 18.0 Å². The van der Waals surface area contributed by atoms with Crippen molar-refractivity contribution >= 4 is 5.57 Å². The Morgan fingerprint density at radius 3 is 2.56 bits per heavy atom. The molecule has 2 aliphatic carbocycles. The van der Waals surface area contributed by atoms with Crippen LogP contribution in [0, 0.1) is 19.8 Å². The van der Waals surface area contributed by atoms with Crippen molar-refractivity contribution in [3.05, 3.63) is 124 Å². The van der Waals surface area contributed by atoms with E-state index in [0.717, 1.165) is 24.2 Å². The van der Waals surface area contributed by atoms with Crippen LogP contribution in [-0.4, -0.2) is 9.55 Å². The van der Waals surface area contributed by atoms with E-state index in [-0.39, 0.29) is 0 Å². The first-order valence-corrected chi connectivity index (χ1v) is 12.3. The molecule has 1 atom stereocenters. The number of hydrogen-bond acceptors (Lipinski definition) is 1. The maximum Gasteiger partial charge on any atom is 0.144 e. The molecule has 2 heteroatoms. The minimum absolute atomic E-state index is 0.651. The molecular weight excluding hydrogens is 412 g/mol. The molecule has 0 fully saturated rings. The quantitative estimate of drug-likeness (QED) is 0.317. The first kappa shape index (κ1) is 20.9. The summed E-state index contributed by atoms with van der Waals surface area (Å²) in [5.74, 6) is 1.64. The number of aromatic nitrogens is 2. The molecule has 0 saturated carbocycles. The van der Waals surface area contributed by atoms with Gasteiger partial charge in [-0.2, -0.15) is 0 Å². The predicted octanol–water partition coefficient (Wildman–Crippen LogP) is 7.65. The summed E-state index contributed by atoms with van der Waals surface area (Å²) in [7, 11) is 0. The summed E-state index contributed by atoms with van der Waals surface area (Å²) in [6.07, 6.45) is 11.9. The second kappa shape index (κ2) is 8.29. The lowest BCUT2D eigenvalue weighted by Crippen LogP contribution is -2.04. The van der Waals surface area contributed by atoms with Gasteiger partial charge < -0.3 is 0 Å². The molecule has 168 valence electrons. The van der Waals surface area contributed by atoms with Gasteiger partial charge in [-0.1, -0.05) is 85.3 Å². The highest BCUT2D eigenvalue weighted by Gasteiger charge is 2.27. The smallest absolute Gasteiger partial charge is 0.144 e. The van der Waals surface area contributed by atoms with Gasteiger partial charge in [0.15, 0.2) is 0 Å². The molecule has 6 rings (SSSR count). The molecule has 1 unspecified atom stereocenters. The van der Waals surface area contributed by atoms with Crippen molar-refractivity contribution in [2.75, 3.05) is 0 Å². The zero-order valence-electron chi connectivity index (χ0n) is 20.2. The van der Waals surface area contributed by atoms with E-state index in [1.807, 2.05) is 12.3 Å². The van der Waals surface area contributed by atoms with E-state index in [1.165, 1.54) is 51.1 Å². The first-order chi connectivity index (χ1) is 16.6. The summed E-state index contributed by atoms with van der Waals surface area (Å²) >= 11 is 0. The first-order valence-electron chi connectivity index (χ1n) is 12.3. The van der Waals surface area contributed by atoms with Crippen LogP contribution in [0.25, 0.3) is 22.6 Å². The summed E-state index contributed by atoms with van der Waals surface area (Å²) < 4.78 is 2.23. The average molecular weight is 443 g/mol. The lowest BCUT2D eigenvalue weighted by atomic mass is 9.89. The number of imidazole rings is 1. The second-order valence-corrected chi connectivity index (χ2v) is 9.84.